The molecule has 2 rings (SSSR count). The van der Waals surface area contributed by atoms with Gasteiger partial charge in [0.15, 0.2) is 5.69 Å². The van der Waals surface area contributed by atoms with E-state index in [0.717, 1.165) is 6.92 Å². The molecule has 1 aromatic heterocycles. The number of aromatic nitrogens is 2. The number of nitrogens with zero attached hydrogens (tertiary/aromatic N) is 3. The standard InChI is InChI=1S/C14H18F3N3O4/c1-8(21)24-20-10-7-19(12(22)23-13(2,3)4)6-5-9(10)11(18-20)14(15,16)17/h5-7H2,1-4H3. The SMILES string of the molecule is CC(=O)On1nc(C(F)(F)F)c2c1CN(C(=O)OC(C)(C)C)CC2. The van der Waals surface area contributed by atoms with E-state index in [1.54, 1.807) is 20.8 Å². The zero-order chi connectivity index (χ0) is 18.3. The Morgan fingerprint density at radius 2 is 1.83 bits per heavy atom. The van der Waals surface area contributed by atoms with Gasteiger partial charge in [-0.25, -0.2) is 9.59 Å². The minimum absolute atomic E-state index is 0.00892. The van der Waals surface area contributed by atoms with Gasteiger partial charge in [-0.2, -0.15) is 13.2 Å². The molecule has 1 aromatic rings. The maximum atomic E-state index is 13.1. The second-order valence-electron chi connectivity index (χ2n) is 6.38. The third-order valence-electron chi connectivity index (χ3n) is 3.16. The number of amides is 1. The largest absolute Gasteiger partial charge is 0.444 e. The highest BCUT2D eigenvalue weighted by molar-refractivity contribution is 5.69. The van der Waals surface area contributed by atoms with Gasteiger partial charge in [-0.05, 0) is 27.2 Å². The van der Waals surface area contributed by atoms with Crippen LogP contribution in [0.3, 0.4) is 0 Å². The van der Waals surface area contributed by atoms with Crippen LogP contribution in [0.25, 0.3) is 0 Å². The Balaban J connectivity index is 2.33. The number of alkyl halides is 3. The van der Waals surface area contributed by atoms with E-state index in [1.807, 2.05) is 0 Å². The summed E-state index contributed by atoms with van der Waals surface area (Å²) in [6.07, 6.45) is -5.40. The Morgan fingerprint density at radius 3 is 2.33 bits per heavy atom. The second-order valence-corrected chi connectivity index (χ2v) is 6.38. The number of fused-ring (bicyclic) bond motifs is 1. The van der Waals surface area contributed by atoms with Gasteiger partial charge >= 0.3 is 18.2 Å². The van der Waals surface area contributed by atoms with E-state index in [9.17, 15) is 22.8 Å². The van der Waals surface area contributed by atoms with Crippen LogP contribution >= 0.6 is 0 Å². The number of ether oxygens (including phenoxy) is 1. The molecule has 134 valence electrons. The average molecular weight is 349 g/mol. The van der Waals surface area contributed by atoms with Crippen molar-refractivity contribution in [3.63, 3.8) is 0 Å². The van der Waals surface area contributed by atoms with Gasteiger partial charge < -0.3 is 14.5 Å². The van der Waals surface area contributed by atoms with E-state index in [-0.39, 0.29) is 30.8 Å². The van der Waals surface area contributed by atoms with Crippen molar-refractivity contribution in [1.82, 2.24) is 14.8 Å². The molecule has 10 heteroatoms. The third kappa shape index (κ3) is 3.98. The summed E-state index contributed by atoms with van der Waals surface area (Å²) < 4.78 is 44.5. The molecule has 24 heavy (non-hydrogen) atoms. The topological polar surface area (TPSA) is 73.7 Å². The van der Waals surface area contributed by atoms with Crippen LogP contribution in [0.5, 0.6) is 0 Å². The summed E-state index contributed by atoms with van der Waals surface area (Å²) in [4.78, 5) is 29.7. The van der Waals surface area contributed by atoms with Crippen molar-refractivity contribution in [2.45, 2.75) is 52.4 Å². The van der Waals surface area contributed by atoms with E-state index in [0.29, 0.717) is 4.85 Å². The van der Waals surface area contributed by atoms with Crippen molar-refractivity contribution in [3.05, 3.63) is 17.0 Å². The molecule has 0 N–H and O–H groups in total. The van der Waals surface area contributed by atoms with Crippen molar-refractivity contribution in [2.75, 3.05) is 6.54 Å². The van der Waals surface area contributed by atoms with Crippen LogP contribution in [0.15, 0.2) is 0 Å². The molecular weight excluding hydrogens is 331 g/mol. The van der Waals surface area contributed by atoms with Crippen molar-refractivity contribution in [3.8, 4) is 0 Å². The molecule has 0 atom stereocenters. The second kappa shape index (κ2) is 5.99. The molecular formula is C14H18F3N3O4. The highest BCUT2D eigenvalue weighted by atomic mass is 19.4. The quantitative estimate of drug-likeness (QED) is 0.777. The predicted octanol–water partition coefficient (Wildman–Crippen LogP) is 2.17. The summed E-state index contributed by atoms with van der Waals surface area (Å²) in [6.45, 7) is 5.97. The summed E-state index contributed by atoms with van der Waals surface area (Å²) in [5, 5.41) is 3.34. The average Bonchev–Trinajstić information content (AvgIpc) is 2.74. The summed E-state index contributed by atoms with van der Waals surface area (Å²) in [7, 11) is 0. The molecule has 0 radical (unpaired) electrons. The van der Waals surface area contributed by atoms with Gasteiger partial charge in [0, 0.05) is 19.0 Å². The fourth-order valence-electron chi connectivity index (χ4n) is 2.30. The minimum Gasteiger partial charge on any atom is -0.444 e. The van der Waals surface area contributed by atoms with Gasteiger partial charge in [0.2, 0.25) is 0 Å². The third-order valence-corrected chi connectivity index (χ3v) is 3.16. The van der Waals surface area contributed by atoms with Crippen molar-refractivity contribution in [2.24, 2.45) is 0 Å². The number of carbonyl (C=O) groups excluding carboxylic acids is 2. The maximum absolute atomic E-state index is 13.1. The summed E-state index contributed by atoms with van der Waals surface area (Å²) >= 11 is 0. The van der Waals surface area contributed by atoms with Gasteiger partial charge in [0.25, 0.3) is 0 Å². The van der Waals surface area contributed by atoms with Gasteiger partial charge in [-0.3, -0.25) is 0 Å². The van der Waals surface area contributed by atoms with E-state index in [2.05, 4.69) is 5.10 Å². The van der Waals surface area contributed by atoms with E-state index in [4.69, 9.17) is 9.57 Å². The fourth-order valence-corrected chi connectivity index (χ4v) is 2.30. The van der Waals surface area contributed by atoms with Gasteiger partial charge in [0.05, 0.1) is 6.54 Å². The van der Waals surface area contributed by atoms with Crippen LogP contribution in [0.2, 0.25) is 0 Å². The summed E-state index contributed by atoms with van der Waals surface area (Å²) in [6, 6.07) is 0. The van der Waals surface area contributed by atoms with E-state index in [1.165, 1.54) is 4.90 Å². The van der Waals surface area contributed by atoms with Crippen LogP contribution in [0.1, 0.15) is 44.6 Å². The highest BCUT2D eigenvalue weighted by Gasteiger charge is 2.42. The van der Waals surface area contributed by atoms with Gasteiger partial charge in [-0.1, -0.05) is 4.85 Å². The van der Waals surface area contributed by atoms with Crippen molar-refractivity contribution in [1.29, 1.82) is 0 Å². The Bertz CT molecular complexity index is 661. The molecule has 2 heterocycles. The molecule has 0 bridgehead atoms. The van der Waals surface area contributed by atoms with Crippen LogP contribution in [0, 0.1) is 0 Å². The van der Waals surface area contributed by atoms with E-state index >= 15 is 0 Å². The number of hydrogen-bond acceptors (Lipinski definition) is 5. The zero-order valence-corrected chi connectivity index (χ0v) is 13.7. The minimum atomic E-state index is -4.68. The lowest BCUT2D eigenvalue weighted by atomic mass is 10.0. The molecule has 1 amide bonds. The molecule has 1 aliphatic heterocycles. The molecule has 0 fully saturated rings. The number of halogens is 3. The molecule has 1 aliphatic rings. The van der Waals surface area contributed by atoms with Gasteiger partial charge in [-0.15, -0.1) is 5.10 Å². The van der Waals surface area contributed by atoms with E-state index < -0.39 is 29.5 Å². The Kier molecular flexibility index (Phi) is 4.51. The van der Waals surface area contributed by atoms with Gasteiger partial charge in [0.1, 0.15) is 11.3 Å². The Morgan fingerprint density at radius 1 is 1.21 bits per heavy atom. The number of hydrogen-bond donors (Lipinski definition) is 0. The highest BCUT2D eigenvalue weighted by Crippen LogP contribution is 2.35. The first kappa shape index (κ1) is 18.1. The number of carbonyl (C=O) groups is 2. The summed E-state index contributed by atoms with van der Waals surface area (Å²) in [5.41, 5.74) is -1.91. The lowest BCUT2D eigenvalue weighted by Crippen LogP contribution is -2.41. The van der Waals surface area contributed by atoms with Crippen LogP contribution in [-0.2, 0) is 28.7 Å². The number of rotatable bonds is 1. The zero-order valence-electron chi connectivity index (χ0n) is 13.7. The predicted molar refractivity (Wildman–Crippen MR) is 74.8 cm³/mol. The van der Waals surface area contributed by atoms with Crippen LogP contribution in [0.4, 0.5) is 18.0 Å². The van der Waals surface area contributed by atoms with Crippen LogP contribution < -0.4 is 4.84 Å². The van der Waals surface area contributed by atoms with Crippen molar-refractivity contribution < 1.29 is 32.3 Å². The lowest BCUT2D eigenvalue weighted by molar-refractivity contribution is -0.149. The first-order valence-corrected chi connectivity index (χ1v) is 7.23. The van der Waals surface area contributed by atoms with Crippen molar-refractivity contribution >= 4 is 12.1 Å². The molecule has 0 saturated carbocycles. The van der Waals surface area contributed by atoms with Crippen LogP contribution in [-0.4, -0.2) is 39.1 Å². The Hall–Kier alpha value is -2.26. The smallest absolute Gasteiger partial charge is 0.435 e. The lowest BCUT2D eigenvalue weighted by Gasteiger charge is -2.30. The first-order chi connectivity index (χ1) is 10.9. The molecule has 0 saturated heterocycles. The monoisotopic (exact) mass is 349 g/mol. The fraction of sp³-hybridized carbons (Fsp3) is 0.643. The molecule has 7 nitrogen and oxygen atoms in total. The Labute approximate surface area is 136 Å². The molecule has 0 aliphatic carbocycles. The summed E-state index contributed by atoms with van der Waals surface area (Å²) in [5.74, 6) is -0.816. The maximum Gasteiger partial charge on any atom is 0.435 e. The molecule has 0 aromatic carbocycles. The molecule has 0 spiro atoms. The first-order valence-electron chi connectivity index (χ1n) is 7.23. The molecule has 0 unspecified atom stereocenters. The normalized spacial score (nSPS) is 15.0.